The van der Waals surface area contributed by atoms with Crippen LogP contribution in [-0.2, 0) is 13.1 Å². The van der Waals surface area contributed by atoms with Gasteiger partial charge in [-0.05, 0) is 36.2 Å². The van der Waals surface area contributed by atoms with Crippen LogP contribution in [0.15, 0.2) is 79.3 Å². The van der Waals surface area contributed by atoms with Gasteiger partial charge in [-0.15, -0.1) is 0 Å². The van der Waals surface area contributed by atoms with E-state index < -0.39 is 0 Å². The minimum absolute atomic E-state index is 0.785. The third-order valence-corrected chi connectivity index (χ3v) is 4.49. The molecule has 0 aliphatic carbocycles. The Morgan fingerprint density at radius 2 is 1.80 bits per heavy atom. The highest BCUT2D eigenvalue weighted by molar-refractivity contribution is 5.84. The molecule has 1 N–H and O–H groups in total. The van der Waals surface area contributed by atoms with E-state index in [4.69, 9.17) is 0 Å². The van der Waals surface area contributed by atoms with Crippen molar-refractivity contribution < 1.29 is 0 Å². The van der Waals surface area contributed by atoms with E-state index in [1.165, 1.54) is 27.6 Å². The fourth-order valence-electron chi connectivity index (χ4n) is 3.15. The van der Waals surface area contributed by atoms with Gasteiger partial charge in [0.2, 0.25) is 0 Å². The van der Waals surface area contributed by atoms with Gasteiger partial charge in [0.25, 0.3) is 0 Å². The third-order valence-electron chi connectivity index (χ3n) is 4.49. The number of nitrogens with one attached hydrogen (secondary N) is 1. The summed E-state index contributed by atoms with van der Waals surface area (Å²) in [5.41, 5.74) is 6.22. The summed E-state index contributed by atoms with van der Waals surface area (Å²) in [7, 11) is 0. The number of rotatable bonds is 5. The first-order valence-electron chi connectivity index (χ1n) is 8.56. The zero-order valence-electron chi connectivity index (χ0n) is 14.3. The van der Waals surface area contributed by atoms with Gasteiger partial charge in [0.1, 0.15) is 0 Å². The number of aromatic nitrogens is 2. The number of fused-ring (bicyclic) bond motifs is 1. The van der Waals surface area contributed by atoms with E-state index in [1.54, 1.807) is 6.20 Å². The molecule has 25 heavy (non-hydrogen) atoms. The number of anilines is 1. The lowest BCUT2D eigenvalue weighted by atomic mass is 10.1. The van der Waals surface area contributed by atoms with Crippen LogP contribution in [0.1, 0.15) is 16.7 Å². The molecule has 0 atom stereocenters. The van der Waals surface area contributed by atoms with Gasteiger partial charge in [0.05, 0.1) is 5.69 Å². The highest BCUT2D eigenvalue weighted by Gasteiger charge is 2.08. The van der Waals surface area contributed by atoms with Crippen molar-refractivity contribution in [2.24, 2.45) is 0 Å². The monoisotopic (exact) mass is 327 g/mol. The maximum atomic E-state index is 4.16. The molecule has 4 aromatic rings. The number of para-hydroxylation sites is 1. The maximum Gasteiger partial charge on any atom is 0.0529 e. The van der Waals surface area contributed by atoms with E-state index in [2.05, 4.69) is 76.5 Å². The molecule has 0 fully saturated rings. The van der Waals surface area contributed by atoms with Crippen molar-refractivity contribution in [2.45, 2.75) is 20.0 Å². The van der Waals surface area contributed by atoms with Crippen LogP contribution in [0, 0.1) is 6.92 Å². The molecule has 0 aliphatic rings. The Labute approximate surface area is 148 Å². The molecule has 0 bridgehead atoms. The Balaban J connectivity index is 1.63. The van der Waals surface area contributed by atoms with Crippen LogP contribution in [0.2, 0.25) is 0 Å². The fourth-order valence-corrected chi connectivity index (χ4v) is 3.15. The van der Waals surface area contributed by atoms with Crippen LogP contribution in [0.3, 0.4) is 0 Å². The lowest BCUT2D eigenvalue weighted by Gasteiger charge is -2.06. The molecule has 0 amide bonds. The van der Waals surface area contributed by atoms with Gasteiger partial charge in [-0.1, -0.05) is 48.0 Å². The topological polar surface area (TPSA) is 29.9 Å². The van der Waals surface area contributed by atoms with Gasteiger partial charge in [-0.3, -0.25) is 4.98 Å². The average Bonchev–Trinajstić information content (AvgIpc) is 3.01. The summed E-state index contributed by atoms with van der Waals surface area (Å²) in [6.45, 7) is 3.79. The van der Waals surface area contributed by atoms with E-state index in [1.807, 2.05) is 18.3 Å². The molecule has 0 unspecified atom stereocenters. The molecule has 0 aliphatic heterocycles. The molecule has 3 heteroatoms. The summed E-state index contributed by atoms with van der Waals surface area (Å²) in [6, 6.07) is 21.3. The summed E-state index contributed by atoms with van der Waals surface area (Å²) in [6.07, 6.45) is 5.90. The van der Waals surface area contributed by atoms with E-state index in [0.717, 1.165) is 18.8 Å². The molecule has 0 radical (unpaired) electrons. The predicted octanol–water partition coefficient (Wildman–Crippen LogP) is 5.01. The standard InChI is InChI=1S/C22H21N3/c1-17-8-10-18(11-9-17)15-25-16-19(21-6-2-3-7-22(21)25)13-24-20-5-4-12-23-14-20/h2-12,14,16,24H,13,15H2,1H3. The van der Waals surface area contributed by atoms with Crippen LogP contribution in [0.5, 0.6) is 0 Å². The van der Waals surface area contributed by atoms with Crippen LogP contribution in [0.25, 0.3) is 10.9 Å². The average molecular weight is 327 g/mol. The van der Waals surface area contributed by atoms with Gasteiger partial charge < -0.3 is 9.88 Å². The van der Waals surface area contributed by atoms with Gasteiger partial charge >= 0.3 is 0 Å². The quantitative estimate of drug-likeness (QED) is 0.559. The second-order valence-corrected chi connectivity index (χ2v) is 6.38. The number of hydrogen-bond donors (Lipinski definition) is 1. The number of nitrogens with zero attached hydrogens (tertiary/aromatic N) is 2. The van der Waals surface area contributed by atoms with Crippen molar-refractivity contribution in [1.29, 1.82) is 0 Å². The van der Waals surface area contributed by atoms with E-state index in [-0.39, 0.29) is 0 Å². The second kappa shape index (κ2) is 6.81. The van der Waals surface area contributed by atoms with Gasteiger partial charge in [0.15, 0.2) is 0 Å². The zero-order valence-corrected chi connectivity index (χ0v) is 14.3. The van der Waals surface area contributed by atoms with Crippen LogP contribution in [-0.4, -0.2) is 9.55 Å². The molecule has 2 aromatic carbocycles. The Bertz CT molecular complexity index is 969. The van der Waals surface area contributed by atoms with Crippen molar-refractivity contribution in [3.8, 4) is 0 Å². The Morgan fingerprint density at radius 3 is 2.60 bits per heavy atom. The summed E-state index contributed by atoms with van der Waals surface area (Å²) in [4.78, 5) is 4.16. The molecular formula is C22H21N3. The highest BCUT2D eigenvalue weighted by atomic mass is 15.0. The Hall–Kier alpha value is -3.07. The number of hydrogen-bond acceptors (Lipinski definition) is 2. The van der Waals surface area contributed by atoms with E-state index in [0.29, 0.717) is 0 Å². The van der Waals surface area contributed by atoms with Crippen molar-refractivity contribution >= 4 is 16.6 Å². The first-order chi connectivity index (χ1) is 12.3. The minimum atomic E-state index is 0.785. The van der Waals surface area contributed by atoms with Gasteiger partial charge in [-0.2, -0.15) is 0 Å². The molecule has 124 valence electrons. The van der Waals surface area contributed by atoms with Gasteiger partial charge in [-0.25, -0.2) is 0 Å². The zero-order chi connectivity index (χ0) is 17.1. The second-order valence-electron chi connectivity index (χ2n) is 6.38. The van der Waals surface area contributed by atoms with Crippen LogP contribution in [0.4, 0.5) is 5.69 Å². The molecule has 0 saturated heterocycles. The number of benzene rings is 2. The van der Waals surface area contributed by atoms with Crippen molar-refractivity contribution in [3.05, 3.63) is 95.9 Å². The summed E-state index contributed by atoms with van der Waals surface area (Å²) in [5, 5.41) is 4.76. The molecule has 4 rings (SSSR count). The molecule has 2 aromatic heterocycles. The Kier molecular flexibility index (Phi) is 4.21. The molecule has 0 saturated carbocycles. The van der Waals surface area contributed by atoms with Gasteiger partial charge in [0, 0.05) is 42.6 Å². The maximum absolute atomic E-state index is 4.16. The van der Waals surface area contributed by atoms with Crippen LogP contribution < -0.4 is 5.32 Å². The van der Waals surface area contributed by atoms with Crippen molar-refractivity contribution in [3.63, 3.8) is 0 Å². The smallest absolute Gasteiger partial charge is 0.0529 e. The summed E-state index contributed by atoms with van der Waals surface area (Å²) >= 11 is 0. The molecular weight excluding hydrogens is 306 g/mol. The lowest BCUT2D eigenvalue weighted by molar-refractivity contribution is 0.831. The normalized spacial score (nSPS) is 10.9. The van der Waals surface area contributed by atoms with E-state index >= 15 is 0 Å². The molecule has 0 spiro atoms. The summed E-state index contributed by atoms with van der Waals surface area (Å²) < 4.78 is 2.33. The van der Waals surface area contributed by atoms with Crippen LogP contribution >= 0.6 is 0 Å². The highest BCUT2D eigenvalue weighted by Crippen LogP contribution is 2.23. The third kappa shape index (κ3) is 3.41. The predicted molar refractivity (Wildman–Crippen MR) is 104 cm³/mol. The fraction of sp³-hybridized carbons (Fsp3) is 0.136. The number of aryl methyl sites for hydroxylation is 1. The molecule has 2 heterocycles. The first kappa shape index (κ1) is 15.5. The van der Waals surface area contributed by atoms with Crippen molar-refractivity contribution in [2.75, 3.05) is 5.32 Å². The largest absolute Gasteiger partial charge is 0.380 e. The first-order valence-corrected chi connectivity index (χ1v) is 8.56. The van der Waals surface area contributed by atoms with E-state index in [9.17, 15) is 0 Å². The van der Waals surface area contributed by atoms with Crippen molar-refractivity contribution in [1.82, 2.24) is 9.55 Å². The lowest BCUT2D eigenvalue weighted by Crippen LogP contribution is -2.00. The number of pyridine rings is 1. The minimum Gasteiger partial charge on any atom is -0.380 e. The SMILES string of the molecule is Cc1ccc(Cn2cc(CNc3cccnc3)c3ccccc32)cc1. The molecule has 3 nitrogen and oxygen atoms in total. The Morgan fingerprint density at radius 1 is 0.960 bits per heavy atom. The summed E-state index contributed by atoms with van der Waals surface area (Å²) in [5.74, 6) is 0.